The summed E-state index contributed by atoms with van der Waals surface area (Å²) in [6, 6.07) is 36.5. The number of ether oxygens (including phenoxy) is 1. The van der Waals surface area contributed by atoms with Crippen LogP contribution in [0.15, 0.2) is 118 Å². The van der Waals surface area contributed by atoms with Crippen molar-refractivity contribution in [1.29, 1.82) is 0 Å². The molecule has 0 bridgehead atoms. The molecule has 6 rings (SSSR count). The summed E-state index contributed by atoms with van der Waals surface area (Å²) in [5.41, 5.74) is 4.16. The average Bonchev–Trinajstić information content (AvgIpc) is 3.12. The van der Waals surface area contributed by atoms with E-state index < -0.39 is 12.2 Å². The molecule has 2 fully saturated rings. The van der Waals surface area contributed by atoms with Gasteiger partial charge in [-0.15, -0.1) is 0 Å². The van der Waals surface area contributed by atoms with Crippen molar-refractivity contribution in [3.8, 4) is 0 Å². The predicted octanol–water partition coefficient (Wildman–Crippen LogP) is 7.49. The molecule has 2 aliphatic heterocycles. The van der Waals surface area contributed by atoms with Gasteiger partial charge in [-0.1, -0.05) is 92.5 Å². The molecule has 0 spiro atoms. The number of rotatable bonds is 10. The largest absolute Gasteiger partial charge is 0.368 e. The van der Waals surface area contributed by atoms with Crippen molar-refractivity contribution in [1.82, 2.24) is 9.80 Å². The van der Waals surface area contributed by atoms with Gasteiger partial charge in [0.15, 0.2) is 0 Å². The standard InChI is InChI=1S/C38H40Br2N4O3/c39-31-11-7-9-29(25-31)35(27-37(45)43-21-17-41(18-22-43)33-13-3-1-4-14-33)47-36(30-10-8-12-32(40)26-30)28-38(46)44-23-19-42(20-24-44)34-15-5-2-6-16-34/h1-16,25-26,35-36H,17-24,27-28H2. The second kappa shape index (κ2) is 16.0. The van der Waals surface area contributed by atoms with Crippen LogP contribution in [0, 0.1) is 0 Å². The summed E-state index contributed by atoms with van der Waals surface area (Å²) in [4.78, 5) is 36.2. The maximum absolute atomic E-state index is 13.8. The van der Waals surface area contributed by atoms with Gasteiger partial charge in [0, 0.05) is 72.7 Å². The Kier molecular flexibility index (Phi) is 11.3. The van der Waals surface area contributed by atoms with E-state index in [0.29, 0.717) is 26.2 Å². The van der Waals surface area contributed by atoms with Crippen LogP contribution in [-0.2, 0) is 14.3 Å². The highest BCUT2D eigenvalue weighted by molar-refractivity contribution is 9.10. The second-order valence-electron chi connectivity index (χ2n) is 12.0. The molecule has 0 radical (unpaired) electrons. The molecule has 2 amide bonds. The fraction of sp³-hybridized carbons (Fsp3) is 0.316. The lowest BCUT2D eigenvalue weighted by molar-refractivity contribution is -0.139. The Balaban J connectivity index is 1.17. The molecule has 0 aromatic heterocycles. The first-order valence-electron chi connectivity index (χ1n) is 16.2. The van der Waals surface area contributed by atoms with Crippen LogP contribution in [0.1, 0.15) is 36.2 Å². The van der Waals surface area contributed by atoms with Gasteiger partial charge in [0.1, 0.15) is 0 Å². The molecule has 2 saturated heterocycles. The summed E-state index contributed by atoms with van der Waals surface area (Å²) in [7, 11) is 0. The number of para-hydroxylation sites is 2. The van der Waals surface area contributed by atoms with Crippen molar-refractivity contribution in [3.63, 3.8) is 0 Å². The quantitative estimate of drug-likeness (QED) is 0.168. The third kappa shape index (κ3) is 8.83. The molecule has 7 nitrogen and oxygen atoms in total. The fourth-order valence-electron chi connectivity index (χ4n) is 6.38. The molecule has 0 aliphatic carbocycles. The van der Waals surface area contributed by atoms with Crippen LogP contribution in [-0.4, -0.2) is 74.0 Å². The molecule has 4 aromatic rings. The Morgan fingerprint density at radius 3 is 1.28 bits per heavy atom. The van der Waals surface area contributed by atoms with Gasteiger partial charge < -0.3 is 24.3 Å². The van der Waals surface area contributed by atoms with Crippen LogP contribution in [0.2, 0.25) is 0 Å². The SMILES string of the molecule is O=C(CC(OC(CC(=O)N1CCN(c2ccccc2)CC1)c1cccc(Br)c1)c1cccc(Br)c1)N1CCN(c2ccccc2)CC1. The molecular formula is C38H40Br2N4O3. The van der Waals surface area contributed by atoms with E-state index >= 15 is 0 Å². The molecule has 2 aliphatic rings. The smallest absolute Gasteiger partial charge is 0.225 e. The zero-order valence-corrected chi connectivity index (χ0v) is 29.6. The van der Waals surface area contributed by atoms with Gasteiger partial charge >= 0.3 is 0 Å². The van der Waals surface area contributed by atoms with Crippen molar-refractivity contribution < 1.29 is 14.3 Å². The Morgan fingerprint density at radius 2 is 0.915 bits per heavy atom. The number of piperazine rings is 2. The number of carbonyl (C=O) groups excluding carboxylic acids is 2. The minimum Gasteiger partial charge on any atom is -0.368 e. The van der Waals surface area contributed by atoms with Gasteiger partial charge in [-0.3, -0.25) is 9.59 Å². The lowest BCUT2D eigenvalue weighted by Crippen LogP contribution is -2.49. The fourth-order valence-corrected chi connectivity index (χ4v) is 7.22. The van der Waals surface area contributed by atoms with Crippen LogP contribution >= 0.6 is 31.9 Å². The zero-order valence-electron chi connectivity index (χ0n) is 26.4. The lowest BCUT2D eigenvalue weighted by atomic mass is 10.0. The molecule has 0 saturated carbocycles. The number of hydrogen-bond donors (Lipinski definition) is 0. The maximum atomic E-state index is 13.8. The number of nitrogens with zero attached hydrogens (tertiary/aromatic N) is 4. The first-order chi connectivity index (χ1) is 22.9. The number of hydrogen-bond acceptors (Lipinski definition) is 5. The van der Waals surface area contributed by atoms with E-state index in [2.05, 4.69) is 65.9 Å². The number of carbonyl (C=O) groups is 2. The summed E-state index contributed by atoms with van der Waals surface area (Å²) in [6.45, 7) is 5.75. The molecule has 2 unspecified atom stereocenters. The van der Waals surface area contributed by atoms with E-state index in [4.69, 9.17) is 4.74 Å². The summed E-state index contributed by atoms with van der Waals surface area (Å²) in [5, 5.41) is 0. The zero-order chi connectivity index (χ0) is 32.6. The van der Waals surface area contributed by atoms with Gasteiger partial charge in [-0.05, 0) is 59.7 Å². The van der Waals surface area contributed by atoms with E-state index in [9.17, 15) is 9.59 Å². The van der Waals surface area contributed by atoms with Gasteiger partial charge in [0.2, 0.25) is 11.8 Å². The van der Waals surface area contributed by atoms with Crippen LogP contribution < -0.4 is 9.80 Å². The summed E-state index contributed by atoms with van der Waals surface area (Å²) in [6.07, 6.45) is -0.676. The third-order valence-electron chi connectivity index (χ3n) is 9.00. The molecule has 2 heterocycles. The van der Waals surface area contributed by atoms with Crippen LogP contribution in [0.4, 0.5) is 11.4 Å². The molecule has 4 aromatic carbocycles. The summed E-state index contributed by atoms with van der Waals surface area (Å²) < 4.78 is 8.71. The highest BCUT2D eigenvalue weighted by atomic mass is 79.9. The molecule has 9 heteroatoms. The minimum atomic E-state index is -0.529. The number of anilines is 2. The first-order valence-corrected chi connectivity index (χ1v) is 17.8. The second-order valence-corrected chi connectivity index (χ2v) is 13.9. The van der Waals surface area contributed by atoms with Crippen molar-refractivity contribution >= 4 is 55.0 Å². The Labute approximate surface area is 294 Å². The number of benzene rings is 4. The maximum Gasteiger partial charge on any atom is 0.225 e. The molecular weight excluding hydrogens is 720 g/mol. The van der Waals surface area contributed by atoms with E-state index in [0.717, 1.165) is 46.3 Å². The summed E-state index contributed by atoms with van der Waals surface area (Å²) in [5.74, 6) is 0.109. The highest BCUT2D eigenvalue weighted by Crippen LogP contribution is 2.35. The minimum absolute atomic E-state index is 0.0547. The van der Waals surface area contributed by atoms with Gasteiger partial charge in [-0.25, -0.2) is 0 Å². The van der Waals surface area contributed by atoms with Crippen molar-refractivity contribution in [3.05, 3.63) is 129 Å². The van der Waals surface area contributed by atoms with E-state index in [1.165, 1.54) is 11.4 Å². The van der Waals surface area contributed by atoms with E-state index in [-0.39, 0.29) is 24.7 Å². The number of amides is 2. The first kappa shape index (κ1) is 33.2. The van der Waals surface area contributed by atoms with Gasteiger partial charge in [0.25, 0.3) is 0 Å². The molecule has 2 atom stereocenters. The highest BCUT2D eigenvalue weighted by Gasteiger charge is 2.30. The monoisotopic (exact) mass is 758 g/mol. The molecule has 47 heavy (non-hydrogen) atoms. The Hall–Kier alpha value is -3.66. The predicted molar refractivity (Wildman–Crippen MR) is 195 cm³/mol. The average molecular weight is 761 g/mol. The van der Waals surface area contributed by atoms with Gasteiger partial charge in [0.05, 0.1) is 25.0 Å². The lowest BCUT2D eigenvalue weighted by Gasteiger charge is -2.37. The topological polar surface area (TPSA) is 56.3 Å². The van der Waals surface area contributed by atoms with Crippen LogP contribution in [0.25, 0.3) is 0 Å². The van der Waals surface area contributed by atoms with Crippen molar-refractivity contribution in [2.45, 2.75) is 25.0 Å². The third-order valence-corrected chi connectivity index (χ3v) is 9.98. The van der Waals surface area contributed by atoms with Crippen molar-refractivity contribution in [2.75, 3.05) is 62.2 Å². The van der Waals surface area contributed by atoms with E-state index in [1.807, 2.05) is 94.7 Å². The molecule has 244 valence electrons. The van der Waals surface area contributed by atoms with Crippen LogP contribution in [0.3, 0.4) is 0 Å². The number of halogens is 2. The Bertz CT molecular complexity index is 1500. The van der Waals surface area contributed by atoms with E-state index in [1.54, 1.807) is 0 Å². The van der Waals surface area contributed by atoms with Crippen molar-refractivity contribution in [2.24, 2.45) is 0 Å². The summed E-state index contributed by atoms with van der Waals surface area (Å²) >= 11 is 7.22. The molecule has 0 N–H and O–H groups in total. The normalized spacial score (nSPS) is 16.6. The van der Waals surface area contributed by atoms with Crippen LogP contribution in [0.5, 0.6) is 0 Å². The van der Waals surface area contributed by atoms with Gasteiger partial charge in [-0.2, -0.15) is 0 Å². The Morgan fingerprint density at radius 1 is 0.532 bits per heavy atom.